The van der Waals surface area contributed by atoms with E-state index in [4.69, 9.17) is 11.6 Å². The van der Waals surface area contributed by atoms with E-state index in [-0.39, 0.29) is 5.28 Å². The van der Waals surface area contributed by atoms with Crippen LogP contribution < -0.4 is 10.2 Å². The van der Waals surface area contributed by atoms with E-state index in [1.165, 1.54) is 4.88 Å². The van der Waals surface area contributed by atoms with E-state index in [0.29, 0.717) is 0 Å². The Morgan fingerprint density at radius 2 is 1.86 bits per heavy atom. The zero-order valence-electron chi connectivity index (χ0n) is 12.0. The molecule has 21 heavy (non-hydrogen) atoms. The van der Waals surface area contributed by atoms with Crippen LogP contribution in [-0.2, 0) is 0 Å². The van der Waals surface area contributed by atoms with Gasteiger partial charge in [-0.3, -0.25) is 0 Å². The van der Waals surface area contributed by atoms with Crippen molar-refractivity contribution >= 4 is 50.3 Å². The van der Waals surface area contributed by atoms with Gasteiger partial charge in [-0.25, -0.2) is 4.98 Å². The standard InChI is InChI=1S/C15H15ClN4S/c1-9-8-12-13(18-15(16)19-14(12)21-9)17-10-4-6-11(7-5-10)20(2)3/h4-8H,1-3H3,(H,17,18,19). The van der Waals surface area contributed by atoms with Gasteiger partial charge >= 0.3 is 0 Å². The van der Waals surface area contributed by atoms with Crippen molar-refractivity contribution in [2.24, 2.45) is 0 Å². The first-order valence-electron chi connectivity index (χ1n) is 6.51. The van der Waals surface area contributed by atoms with Gasteiger partial charge in [0.05, 0.1) is 5.39 Å². The molecule has 3 aromatic rings. The zero-order valence-corrected chi connectivity index (χ0v) is 13.6. The van der Waals surface area contributed by atoms with Crippen LogP contribution in [0.5, 0.6) is 0 Å². The fourth-order valence-electron chi connectivity index (χ4n) is 2.09. The van der Waals surface area contributed by atoms with E-state index in [1.54, 1.807) is 11.3 Å². The minimum absolute atomic E-state index is 0.261. The van der Waals surface area contributed by atoms with Crippen LogP contribution in [0.25, 0.3) is 10.2 Å². The van der Waals surface area contributed by atoms with E-state index in [1.807, 2.05) is 26.2 Å². The van der Waals surface area contributed by atoms with Crippen molar-refractivity contribution in [2.75, 3.05) is 24.3 Å². The van der Waals surface area contributed by atoms with Crippen LogP contribution in [0.1, 0.15) is 4.88 Å². The van der Waals surface area contributed by atoms with Crippen LogP contribution in [0.15, 0.2) is 30.3 Å². The molecule has 0 fully saturated rings. The number of aromatic nitrogens is 2. The van der Waals surface area contributed by atoms with Gasteiger partial charge in [0, 0.05) is 30.3 Å². The molecule has 0 aliphatic heterocycles. The van der Waals surface area contributed by atoms with E-state index in [2.05, 4.69) is 45.3 Å². The van der Waals surface area contributed by atoms with Crippen LogP contribution in [0, 0.1) is 6.92 Å². The fraction of sp³-hybridized carbons (Fsp3) is 0.200. The molecule has 0 atom stereocenters. The Morgan fingerprint density at radius 1 is 1.14 bits per heavy atom. The average molecular weight is 319 g/mol. The number of hydrogen-bond donors (Lipinski definition) is 1. The Kier molecular flexibility index (Phi) is 3.69. The summed E-state index contributed by atoms with van der Waals surface area (Å²) in [5, 5.41) is 4.58. The molecule has 1 aromatic carbocycles. The van der Waals surface area contributed by atoms with Crippen LogP contribution in [0.3, 0.4) is 0 Å². The molecule has 0 spiro atoms. The van der Waals surface area contributed by atoms with Crippen molar-refractivity contribution in [2.45, 2.75) is 6.92 Å². The van der Waals surface area contributed by atoms with Crippen LogP contribution in [0.4, 0.5) is 17.2 Å². The number of nitrogens with one attached hydrogen (secondary N) is 1. The predicted molar refractivity (Wildman–Crippen MR) is 91.2 cm³/mol. The van der Waals surface area contributed by atoms with Gasteiger partial charge in [0.15, 0.2) is 0 Å². The second-order valence-electron chi connectivity index (χ2n) is 4.98. The summed E-state index contributed by atoms with van der Waals surface area (Å²) < 4.78 is 0. The highest BCUT2D eigenvalue weighted by Gasteiger charge is 2.10. The predicted octanol–water partition coefficient (Wildman–Crippen LogP) is 4.46. The van der Waals surface area contributed by atoms with Crippen molar-refractivity contribution in [3.05, 3.63) is 40.5 Å². The highest BCUT2D eigenvalue weighted by molar-refractivity contribution is 7.18. The van der Waals surface area contributed by atoms with Crippen molar-refractivity contribution < 1.29 is 0 Å². The minimum atomic E-state index is 0.261. The molecule has 0 aliphatic carbocycles. The number of aryl methyl sites for hydroxylation is 1. The molecule has 0 saturated carbocycles. The highest BCUT2D eigenvalue weighted by Crippen LogP contribution is 2.31. The first-order valence-corrected chi connectivity index (χ1v) is 7.70. The van der Waals surface area contributed by atoms with Gasteiger partial charge in [-0.2, -0.15) is 4.98 Å². The lowest BCUT2D eigenvalue weighted by Crippen LogP contribution is -2.08. The zero-order chi connectivity index (χ0) is 15.0. The lowest BCUT2D eigenvalue weighted by molar-refractivity contribution is 1.13. The van der Waals surface area contributed by atoms with Gasteiger partial charge in [0.2, 0.25) is 5.28 Å². The van der Waals surface area contributed by atoms with Crippen LogP contribution in [-0.4, -0.2) is 24.1 Å². The van der Waals surface area contributed by atoms with Gasteiger partial charge in [-0.15, -0.1) is 11.3 Å². The third kappa shape index (κ3) is 2.94. The van der Waals surface area contributed by atoms with Gasteiger partial charge in [-0.1, -0.05) is 0 Å². The molecule has 3 rings (SSSR count). The normalized spacial score (nSPS) is 10.9. The summed E-state index contributed by atoms with van der Waals surface area (Å²) in [5.74, 6) is 0.743. The maximum absolute atomic E-state index is 6.00. The average Bonchev–Trinajstić information content (AvgIpc) is 2.79. The van der Waals surface area contributed by atoms with Crippen molar-refractivity contribution in [3.63, 3.8) is 0 Å². The van der Waals surface area contributed by atoms with E-state index in [9.17, 15) is 0 Å². The fourth-order valence-corrected chi connectivity index (χ4v) is 3.19. The van der Waals surface area contributed by atoms with Gasteiger partial charge in [-0.05, 0) is 48.9 Å². The largest absolute Gasteiger partial charge is 0.378 e. The highest BCUT2D eigenvalue weighted by atomic mass is 35.5. The van der Waals surface area contributed by atoms with Crippen LogP contribution in [0.2, 0.25) is 5.28 Å². The molecule has 0 radical (unpaired) electrons. The van der Waals surface area contributed by atoms with Gasteiger partial charge in [0.1, 0.15) is 10.6 Å². The molecule has 4 nitrogen and oxygen atoms in total. The van der Waals surface area contributed by atoms with E-state index in [0.717, 1.165) is 27.4 Å². The number of anilines is 3. The SMILES string of the molecule is Cc1cc2c(Nc3ccc(N(C)C)cc3)nc(Cl)nc2s1. The minimum Gasteiger partial charge on any atom is -0.378 e. The summed E-state index contributed by atoms with van der Waals surface area (Å²) in [6.45, 7) is 2.05. The third-order valence-electron chi connectivity index (χ3n) is 3.14. The Bertz CT molecular complexity index is 780. The molecule has 2 heterocycles. The molecule has 0 amide bonds. The molecule has 0 saturated heterocycles. The number of hydrogen-bond acceptors (Lipinski definition) is 5. The first-order chi connectivity index (χ1) is 10.0. The Balaban J connectivity index is 1.97. The van der Waals surface area contributed by atoms with Gasteiger partial charge in [0.25, 0.3) is 0 Å². The topological polar surface area (TPSA) is 41.0 Å². The number of rotatable bonds is 3. The van der Waals surface area contributed by atoms with Crippen LogP contribution >= 0.6 is 22.9 Å². The molecule has 2 aromatic heterocycles. The van der Waals surface area contributed by atoms with E-state index >= 15 is 0 Å². The number of nitrogens with zero attached hydrogens (tertiary/aromatic N) is 3. The summed E-state index contributed by atoms with van der Waals surface area (Å²) in [7, 11) is 4.04. The number of fused-ring (bicyclic) bond motifs is 1. The molecule has 6 heteroatoms. The summed E-state index contributed by atoms with van der Waals surface area (Å²) in [5.41, 5.74) is 2.12. The summed E-state index contributed by atoms with van der Waals surface area (Å²) in [4.78, 5) is 12.7. The number of benzene rings is 1. The summed E-state index contributed by atoms with van der Waals surface area (Å²) in [6.07, 6.45) is 0. The van der Waals surface area contributed by atoms with Crippen molar-refractivity contribution in [1.82, 2.24) is 9.97 Å². The second-order valence-corrected chi connectivity index (χ2v) is 6.56. The van der Waals surface area contributed by atoms with Crippen molar-refractivity contribution in [3.8, 4) is 0 Å². The Hall–Kier alpha value is -1.85. The van der Waals surface area contributed by atoms with Crippen molar-refractivity contribution in [1.29, 1.82) is 0 Å². The van der Waals surface area contributed by atoms with Gasteiger partial charge < -0.3 is 10.2 Å². The number of thiophene rings is 1. The second kappa shape index (κ2) is 5.50. The number of halogens is 1. The lowest BCUT2D eigenvalue weighted by Gasteiger charge is -2.13. The quantitative estimate of drug-likeness (QED) is 0.724. The molecule has 0 bridgehead atoms. The molecule has 1 N–H and O–H groups in total. The maximum atomic E-state index is 6.00. The smallest absolute Gasteiger partial charge is 0.225 e. The van der Waals surface area contributed by atoms with E-state index < -0.39 is 0 Å². The third-order valence-corrected chi connectivity index (χ3v) is 4.25. The Labute approximate surface area is 132 Å². The maximum Gasteiger partial charge on any atom is 0.225 e. The molecule has 0 unspecified atom stereocenters. The monoisotopic (exact) mass is 318 g/mol. The summed E-state index contributed by atoms with van der Waals surface area (Å²) in [6, 6.07) is 10.2. The molecule has 108 valence electrons. The Morgan fingerprint density at radius 3 is 2.52 bits per heavy atom. The first kappa shape index (κ1) is 14.1. The molecular weight excluding hydrogens is 304 g/mol. The summed E-state index contributed by atoms with van der Waals surface area (Å²) >= 11 is 7.62. The molecule has 0 aliphatic rings. The lowest BCUT2D eigenvalue weighted by atomic mass is 10.2. The molecular formula is C15H15ClN4S.